The van der Waals surface area contributed by atoms with Crippen LogP contribution >= 0.6 is 11.3 Å². The van der Waals surface area contributed by atoms with Crippen LogP contribution in [0.3, 0.4) is 0 Å². The molecule has 8 heteroatoms. The third-order valence-electron chi connectivity index (χ3n) is 2.47. The molecule has 0 aliphatic heterocycles. The highest BCUT2D eigenvalue weighted by Gasteiger charge is 2.14. The Kier molecular flexibility index (Phi) is 3.94. The number of H-pyrrole nitrogens is 1. The van der Waals surface area contributed by atoms with E-state index in [4.69, 9.17) is 4.74 Å². The quantitative estimate of drug-likeness (QED) is 0.528. The molecule has 2 aromatic rings. The summed E-state index contributed by atoms with van der Waals surface area (Å²) in [6.45, 7) is 1.58. The van der Waals surface area contributed by atoms with Crippen molar-refractivity contribution in [3.05, 3.63) is 60.9 Å². The molecule has 0 bridgehead atoms. The van der Waals surface area contributed by atoms with Gasteiger partial charge in [0, 0.05) is 22.7 Å². The summed E-state index contributed by atoms with van der Waals surface area (Å²) < 4.78 is 4.95. The lowest BCUT2D eigenvalue weighted by Gasteiger charge is -2.02. The van der Waals surface area contributed by atoms with Crippen LogP contribution in [0, 0.1) is 17.0 Å². The largest absolute Gasteiger partial charge is 0.457 e. The third-order valence-corrected chi connectivity index (χ3v) is 3.39. The number of aromatic nitrogens is 1. The van der Waals surface area contributed by atoms with Crippen molar-refractivity contribution in [2.45, 2.75) is 13.5 Å². The van der Waals surface area contributed by atoms with Crippen molar-refractivity contribution in [1.82, 2.24) is 4.98 Å². The molecule has 0 unspecified atom stereocenters. The first-order chi connectivity index (χ1) is 9.47. The van der Waals surface area contributed by atoms with E-state index in [1.807, 2.05) is 0 Å². The summed E-state index contributed by atoms with van der Waals surface area (Å²) in [5.74, 6) is -0.764. The number of aryl methyl sites for hydroxylation is 1. The second-order valence-electron chi connectivity index (χ2n) is 4.01. The maximum Gasteiger partial charge on any atom is 0.344 e. The predicted molar refractivity (Wildman–Crippen MR) is 71.9 cm³/mol. The molecule has 0 spiro atoms. The topological polar surface area (TPSA) is 102 Å². The van der Waals surface area contributed by atoms with E-state index in [1.165, 1.54) is 17.5 Å². The van der Waals surface area contributed by atoms with E-state index < -0.39 is 16.5 Å². The Bertz CT molecular complexity index is 719. The molecule has 2 heterocycles. The number of hydrogen-bond acceptors (Lipinski definition) is 6. The fourth-order valence-corrected chi connectivity index (χ4v) is 2.21. The van der Waals surface area contributed by atoms with Crippen LogP contribution in [-0.4, -0.2) is 15.9 Å². The van der Waals surface area contributed by atoms with E-state index in [-0.39, 0.29) is 17.2 Å². The maximum atomic E-state index is 11.7. The zero-order valence-electron chi connectivity index (χ0n) is 10.4. The molecular formula is C12H10N2O5S. The summed E-state index contributed by atoms with van der Waals surface area (Å²) in [7, 11) is 0. The average Bonchev–Trinajstić information content (AvgIpc) is 2.85. The Labute approximate surface area is 117 Å². The number of rotatable bonds is 4. The molecule has 0 aliphatic carbocycles. The molecule has 2 rings (SSSR count). The van der Waals surface area contributed by atoms with Crippen molar-refractivity contribution in [3.8, 4) is 0 Å². The minimum absolute atomic E-state index is 0.0239. The van der Waals surface area contributed by atoms with Crippen LogP contribution in [0.15, 0.2) is 28.4 Å². The van der Waals surface area contributed by atoms with E-state index in [1.54, 1.807) is 13.0 Å². The summed E-state index contributed by atoms with van der Waals surface area (Å²) in [4.78, 5) is 35.8. The van der Waals surface area contributed by atoms with Crippen molar-refractivity contribution < 1.29 is 14.5 Å². The monoisotopic (exact) mass is 294 g/mol. The van der Waals surface area contributed by atoms with Crippen LogP contribution in [-0.2, 0) is 11.3 Å². The first-order valence-electron chi connectivity index (χ1n) is 5.56. The Morgan fingerprint density at radius 2 is 2.25 bits per heavy atom. The standard InChI is InChI=1S/C12H10N2O5S/c1-7-2-3-9(11(15)13-7)12(16)19-5-8-4-10(14(17)18)20-6-8/h2-4,6H,5H2,1H3,(H,13,15). The van der Waals surface area contributed by atoms with Gasteiger partial charge in [-0.25, -0.2) is 4.79 Å². The number of esters is 1. The van der Waals surface area contributed by atoms with E-state index in [9.17, 15) is 19.7 Å². The van der Waals surface area contributed by atoms with Crippen LogP contribution < -0.4 is 5.56 Å². The van der Waals surface area contributed by atoms with Gasteiger partial charge in [-0.2, -0.15) is 0 Å². The van der Waals surface area contributed by atoms with E-state index in [2.05, 4.69) is 4.98 Å². The molecule has 0 atom stereocenters. The molecule has 104 valence electrons. The lowest BCUT2D eigenvalue weighted by Crippen LogP contribution is -2.19. The summed E-state index contributed by atoms with van der Waals surface area (Å²) >= 11 is 0.952. The van der Waals surface area contributed by atoms with Crippen molar-refractivity contribution in [1.29, 1.82) is 0 Å². The van der Waals surface area contributed by atoms with E-state index >= 15 is 0 Å². The van der Waals surface area contributed by atoms with Gasteiger partial charge in [0.25, 0.3) is 5.56 Å². The number of nitro groups is 1. The average molecular weight is 294 g/mol. The highest BCUT2D eigenvalue weighted by atomic mass is 32.1. The molecule has 0 aromatic carbocycles. The number of nitrogens with zero attached hydrogens (tertiary/aromatic N) is 1. The van der Waals surface area contributed by atoms with Crippen molar-refractivity contribution >= 4 is 22.3 Å². The first kappa shape index (κ1) is 13.9. The van der Waals surface area contributed by atoms with Gasteiger partial charge in [-0.05, 0) is 19.1 Å². The van der Waals surface area contributed by atoms with Gasteiger partial charge in [-0.15, -0.1) is 0 Å². The number of hydrogen-bond donors (Lipinski definition) is 1. The van der Waals surface area contributed by atoms with Crippen LogP contribution in [0.1, 0.15) is 21.6 Å². The second kappa shape index (κ2) is 5.66. The number of carbonyl (C=O) groups excluding carboxylic acids is 1. The molecular weight excluding hydrogens is 284 g/mol. The minimum atomic E-state index is -0.764. The highest BCUT2D eigenvalue weighted by Crippen LogP contribution is 2.23. The van der Waals surface area contributed by atoms with Crippen LogP contribution in [0.5, 0.6) is 0 Å². The lowest BCUT2D eigenvalue weighted by molar-refractivity contribution is -0.380. The predicted octanol–water partition coefficient (Wildman–Crippen LogP) is 2.01. The van der Waals surface area contributed by atoms with Crippen molar-refractivity contribution in [2.75, 3.05) is 0 Å². The van der Waals surface area contributed by atoms with Gasteiger partial charge in [0.05, 0.1) is 4.92 Å². The van der Waals surface area contributed by atoms with Crippen LogP contribution in [0.2, 0.25) is 0 Å². The smallest absolute Gasteiger partial charge is 0.344 e. The van der Waals surface area contributed by atoms with Gasteiger partial charge in [-0.1, -0.05) is 11.3 Å². The number of carbonyl (C=O) groups is 1. The fourth-order valence-electron chi connectivity index (χ4n) is 1.49. The summed E-state index contributed by atoms with van der Waals surface area (Å²) in [6.07, 6.45) is 0. The summed E-state index contributed by atoms with van der Waals surface area (Å²) in [5.41, 5.74) is 0.533. The number of thiophene rings is 1. The maximum absolute atomic E-state index is 11.7. The van der Waals surface area contributed by atoms with Crippen molar-refractivity contribution in [3.63, 3.8) is 0 Å². The Hall–Kier alpha value is -2.48. The van der Waals surface area contributed by atoms with Gasteiger partial charge in [0.1, 0.15) is 12.2 Å². The van der Waals surface area contributed by atoms with Gasteiger partial charge in [0.2, 0.25) is 0 Å². The molecule has 0 amide bonds. The third kappa shape index (κ3) is 3.09. The zero-order chi connectivity index (χ0) is 14.7. The van der Waals surface area contributed by atoms with Gasteiger partial charge < -0.3 is 9.72 Å². The second-order valence-corrected chi connectivity index (χ2v) is 4.90. The normalized spacial score (nSPS) is 10.2. The molecule has 20 heavy (non-hydrogen) atoms. The lowest BCUT2D eigenvalue weighted by atomic mass is 10.2. The van der Waals surface area contributed by atoms with Gasteiger partial charge >= 0.3 is 11.0 Å². The number of pyridine rings is 1. The molecule has 0 saturated carbocycles. The summed E-state index contributed by atoms with van der Waals surface area (Å²) in [5, 5.41) is 12.0. The van der Waals surface area contributed by atoms with Crippen molar-refractivity contribution in [2.24, 2.45) is 0 Å². The van der Waals surface area contributed by atoms with Crippen LogP contribution in [0.4, 0.5) is 5.00 Å². The van der Waals surface area contributed by atoms with E-state index in [0.717, 1.165) is 11.3 Å². The number of aromatic amines is 1. The Morgan fingerprint density at radius 3 is 2.85 bits per heavy atom. The van der Waals surface area contributed by atoms with Crippen LogP contribution in [0.25, 0.3) is 0 Å². The molecule has 0 aliphatic rings. The Balaban J connectivity index is 2.04. The molecule has 0 radical (unpaired) electrons. The van der Waals surface area contributed by atoms with E-state index in [0.29, 0.717) is 11.3 Å². The molecule has 0 saturated heterocycles. The molecule has 2 aromatic heterocycles. The molecule has 0 fully saturated rings. The number of ether oxygens (including phenoxy) is 1. The minimum Gasteiger partial charge on any atom is -0.457 e. The van der Waals surface area contributed by atoms with Gasteiger partial charge in [-0.3, -0.25) is 14.9 Å². The Morgan fingerprint density at radius 1 is 1.50 bits per heavy atom. The zero-order valence-corrected chi connectivity index (χ0v) is 11.2. The van der Waals surface area contributed by atoms with Gasteiger partial charge in [0.15, 0.2) is 0 Å². The number of nitrogens with one attached hydrogen (secondary N) is 1. The highest BCUT2D eigenvalue weighted by molar-refractivity contribution is 7.13. The SMILES string of the molecule is Cc1ccc(C(=O)OCc2csc([N+](=O)[O-])c2)c(=O)[nH]1. The molecule has 7 nitrogen and oxygen atoms in total. The summed E-state index contributed by atoms with van der Waals surface area (Å²) in [6, 6.07) is 4.30. The fraction of sp³-hybridized carbons (Fsp3) is 0.167. The molecule has 1 N–H and O–H groups in total. The first-order valence-corrected chi connectivity index (χ1v) is 6.44.